The zero-order valence-electron chi connectivity index (χ0n) is 15.9. The minimum absolute atomic E-state index is 0.0209. The number of anilines is 1. The lowest BCUT2D eigenvalue weighted by atomic mass is 10.1. The molecule has 0 radical (unpaired) electrons. The highest BCUT2D eigenvalue weighted by Crippen LogP contribution is 2.40. The molecule has 3 aromatic rings. The summed E-state index contributed by atoms with van der Waals surface area (Å²) in [6.45, 7) is 1.44. The summed E-state index contributed by atoms with van der Waals surface area (Å²) < 4.78 is 79.9. The molecule has 6 nitrogen and oxygen atoms in total. The number of carbonyl (C=O) groups excluding carboxylic acids is 1. The number of amides is 1. The maximum atomic E-state index is 13.3. The fourth-order valence-electron chi connectivity index (χ4n) is 3.42. The van der Waals surface area contributed by atoms with Gasteiger partial charge in [-0.3, -0.25) is 14.4 Å². The first-order valence-electron chi connectivity index (χ1n) is 9.06. The van der Waals surface area contributed by atoms with E-state index < -0.39 is 30.0 Å². The quantitative estimate of drug-likeness (QED) is 0.531. The normalized spacial score (nSPS) is 17.1. The number of aryl methyl sites for hydroxylation is 1. The van der Waals surface area contributed by atoms with E-state index in [0.717, 1.165) is 26.8 Å². The van der Waals surface area contributed by atoms with Crippen LogP contribution in [0.1, 0.15) is 39.1 Å². The van der Waals surface area contributed by atoms with Crippen LogP contribution in [0, 0.1) is 6.92 Å². The number of fused-ring (bicyclic) bond motifs is 1. The summed E-state index contributed by atoms with van der Waals surface area (Å²) >= 11 is 1.06. The van der Waals surface area contributed by atoms with Gasteiger partial charge in [-0.05, 0) is 36.4 Å². The molecule has 0 aromatic carbocycles. The molecule has 0 spiro atoms. The molecule has 0 aliphatic carbocycles. The van der Waals surface area contributed by atoms with Crippen LogP contribution in [0.15, 0.2) is 29.8 Å². The van der Waals surface area contributed by atoms with Gasteiger partial charge in [0, 0.05) is 18.8 Å². The van der Waals surface area contributed by atoms with Crippen molar-refractivity contribution in [1.29, 1.82) is 0 Å². The number of rotatable bonds is 3. The highest BCUT2D eigenvalue weighted by Gasteiger charge is 2.46. The van der Waals surface area contributed by atoms with Gasteiger partial charge in [-0.25, -0.2) is 4.68 Å². The molecule has 0 saturated carbocycles. The molecule has 166 valence electrons. The van der Waals surface area contributed by atoms with Gasteiger partial charge >= 0.3 is 12.4 Å². The molecular weight excluding hydrogens is 448 g/mol. The van der Waals surface area contributed by atoms with Crippen molar-refractivity contribution in [3.63, 3.8) is 0 Å². The summed E-state index contributed by atoms with van der Waals surface area (Å²) in [5.74, 6) is -0.428. The van der Waals surface area contributed by atoms with Crippen LogP contribution in [-0.4, -0.2) is 38.2 Å². The summed E-state index contributed by atoms with van der Waals surface area (Å²) in [5.41, 5.74) is -0.106. The van der Waals surface area contributed by atoms with Crippen LogP contribution in [-0.2, 0) is 12.7 Å². The Hall–Kier alpha value is -2.83. The average molecular weight is 463 g/mol. The van der Waals surface area contributed by atoms with E-state index in [4.69, 9.17) is 0 Å². The molecule has 4 rings (SSSR count). The Bertz CT molecular complexity index is 1110. The number of carbonyl (C=O) groups is 1. The summed E-state index contributed by atoms with van der Waals surface area (Å²) in [6, 6.07) is 1.98. The van der Waals surface area contributed by atoms with E-state index in [2.05, 4.69) is 10.2 Å². The number of alkyl halides is 6. The molecule has 1 atom stereocenters. The molecular formula is C18H15F6N5OS. The predicted octanol–water partition coefficient (Wildman–Crippen LogP) is 4.67. The first kappa shape index (κ1) is 21.4. The standard InChI is InChI=1S/C18H15F6N5OS/c1-10-6-15-28(5-3-14(18(22,23)24)29(15)25-10)16(30)12-7-11(9-31-12)8-27-4-2-13(26-27)17(19,20)21/h2,4,6-7,9,14H,3,5,8H2,1H3. The van der Waals surface area contributed by atoms with Crippen LogP contribution >= 0.6 is 11.3 Å². The van der Waals surface area contributed by atoms with Crippen molar-refractivity contribution in [2.24, 2.45) is 0 Å². The summed E-state index contributed by atoms with van der Waals surface area (Å²) in [6.07, 6.45) is -8.18. The largest absolute Gasteiger partial charge is 0.435 e. The number of halogens is 6. The van der Waals surface area contributed by atoms with Gasteiger partial charge in [0.15, 0.2) is 11.7 Å². The van der Waals surface area contributed by atoms with Crippen molar-refractivity contribution in [2.45, 2.75) is 38.3 Å². The van der Waals surface area contributed by atoms with Crippen LogP contribution in [0.3, 0.4) is 0 Å². The molecule has 0 fully saturated rings. The maximum Gasteiger partial charge on any atom is 0.435 e. The number of nitrogens with zero attached hydrogens (tertiary/aromatic N) is 5. The Balaban J connectivity index is 1.54. The van der Waals surface area contributed by atoms with E-state index in [1.54, 1.807) is 12.3 Å². The number of hydrogen-bond donors (Lipinski definition) is 0. The molecule has 0 N–H and O–H groups in total. The van der Waals surface area contributed by atoms with Crippen molar-refractivity contribution in [3.05, 3.63) is 51.6 Å². The van der Waals surface area contributed by atoms with E-state index in [-0.39, 0.29) is 30.2 Å². The fraction of sp³-hybridized carbons (Fsp3) is 0.389. The monoisotopic (exact) mass is 463 g/mol. The van der Waals surface area contributed by atoms with Gasteiger partial charge in [0.05, 0.1) is 17.1 Å². The molecule has 0 bridgehead atoms. The Morgan fingerprint density at radius 2 is 1.94 bits per heavy atom. The molecule has 1 unspecified atom stereocenters. The minimum Gasteiger partial charge on any atom is -0.292 e. The van der Waals surface area contributed by atoms with E-state index in [1.807, 2.05) is 0 Å². The van der Waals surface area contributed by atoms with Crippen LogP contribution < -0.4 is 4.90 Å². The minimum atomic E-state index is -4.55. The van der Waals surface area contributed by atoms with E-state index in [0.29, 0.717) is 11.3 Å². The first-order valence-corrected chi connectivity index (χ1v) is 9.94. The smallest absolute Gasteiger partial charge is 0.292 e. The van der Waals surface area contributed by atoms with E-state index in [1.165, 1.54) is 23.2 Å². The lowest BCUT2D eigenvalue weighted by Crippen LogP contribution is -2.42. The zero-order valence-corrected chi connectivity index (χ0v) is 16.7. The van der Waals surface area contributed by atoms with Crippen molar-refractivity contribution < 1.29 is 31.1 Å². The van der Waals surface area contributed by atoms with Crippen LogP contribution in [0.25, 0.3) is 0 Å². The third-order valence-electron chi connectivity index (χ3n) is 4.80. The molecule has 13 heteroatoms. The van der Waals surface area contributed by atoms with Gasteiger partial charge in [-0.1, -0.05) is 0 Å². The van der Waals surface area contributed by atoms with Gasteiger partial charge < -0.3 is 0 Å². The lowest BCUT2D eigenvalue weighted by molar-refractivity contribution is -0.172. The van der Waals surface area contributed by atoms with E-state index >= 15 is 0 Å². The zero-order chi connectivity index (χ0) is 22.6. The molecule has 0 saturated heterocycles. The molecule has 3 aromatic heterocycles. The topological polar surface area (TPSA) is 56.0 Å². The summed E-state index contributed by atoms with van der Waals surface area (Å²) in [4.78, 5) is 14.5. The van der Waals surface area contributed by atoms with Crippen molar-refractivity contribution >= 4 is 23.1 Å². The Morgan fingerprint density at radius 1 is 1.19 bits per heavy atom. The van der Waals surface area contributed by atoms with Crippen molar-refractivity contribution in [2.75, 3.05) is 11.4 Å². The third kappa shape index (κ3) is 4.18. The first-order chi connectivity index (χ1) is 14.4. The predicted molar refractivity (Wildman–Crippen MR) is 99.0 cm³/mol. The molecule has 1 amide bonds. The number of aromatic nitrogens is 4. The van der Waals surface area contributed by atoms with Gasteiger partial charge in [-0.2, -0.15) is 36.5 Å². The van der Waals surface area contributed by atoms with Crippen LogP contribution in [0.4, 0.5) is 32.2 Å². The molecule has 1 aliphatic heterocycles. The fourth-order valence-corrected chi connectivity index (χ4v) is 4.27. The number of thiophene rings is 1. The SMILES string of the molecule is Cc1cc2n(n1)C(C(F)(F)F)CCN2C(=O)c1cc(Cn2ccc(C(F)(F)F)n2)cs1. The average Bonchev–Trinajstić information content (AvgIpc) is 3.38. The lowest BCUT2D eigenvalue weighted by Gasteiger charge is -2.33. The Kier molecular flexibility index (Phi) is 5.10. The van der Waals surface area contributed by atoms with Gasteiger partial charge in [0.1, 0.15) is 5.82 Å². The second-order valence-electron chi connectivity index (χ2n) is 7.11. The van der Waals surface area contributed by atoms with E-state index in [9.17, 15) is 31.1 Å². The van der Waals surface area contributed by atoms with Crippen LogP contribution in [0.5, 0.6) is 0 Å². The third-order valence-corrected chi connectivity index (χ3v) is 5.77. The highest BCUT2D eigenvalue weighted by molar-refractivity contribution is 7.12. The van der Waals surface area contributed by atoms with Crippen molar-refractivity contribution in [1.82, 2.24) is 19.6 Å². The Morgan fingerprint density at radius 3 is 2.58 bits per heavy atom. The van der Waals surface area contributed by atoms with Crippen molar-refractivity contribution in [3.8, 4) is 0 Å². The highest BCUT2D eigenvalue weighted by atomic mass is 32.1. The second-order valence-corrected chi connectivity index (χ2v) is 8.02. The molecule has 1 aliphatic rings. The summed E-state index contributed by atoms with van der Waals surface area (Å²) in [7, 11) is 0. The summed E-state index contributed by atoms with van der Waals surface area (Å²) in [5, 5.41) is 8.98. The number of hydrogen-bond acceptors (Lipinski definition) is 4. The molecule has 4 heterocycles. The van der Waals surface area contributed by atoms with Gasteiger partial charge in [-0.15, -0.1) is 11.3 Å². The van der Waals surface area contributed by atoms with Gasteiger partial charge in [0.25, 0.3) is 5.91 Å². The Labute approximate surface area is 175 Å². The molecule has 31 heavy (non-hydrogen) atoms. The second kappa shape index (κ2) is 7.39. The van der Waals surface area contributed by atoms with Crippen LogP contribution in [0.2, 0.25) is 0 Å². The van der Waals surface area contributed by atoms with Gasteiger partial charge in [0.2, 0.25) is 0 Å². The maximum absolute atomic E-state index is 13.3.